The number of sulfone groups is 1. The predicted octanol–water partition coefficient (Wildman–Crippen LogP) is 4.74. The van der Waals surface area contributed by atoms with E-state index in [1.165, 1.54) is 12.1 Å². The van der Waals surface area contributed by atoms with Crippen molar-refractivity contribution in [2.75, 3.05) is 24.0 Å². The van der Waals surface area contributed by atoms with Crippen LogP contribution in [-0.2, 0) is 9.84 Å². The van der Waals surface area contributed by atoms with E-state index in [1.54, 1.807) is 36.7 Å². The lowest BCUT2D eigenvalue weighted by Crippen LogP contribution is -2.43. The van der Waals surface area contributed by atoms with E-state index in [0.29, 0.717) is 34.5 Å². The van der Waals surface area contributed by atoms with Gasteiger partial charge in [-0.25, -0.2) is 22.8 Å². The molecule has 3 aromatic rings. The van der Waals surface area contributed by atoms with Crippen LogP contribution >= 0.6 is 11.6 Å². The second-order valence-electron chi connectivity index (χ2n) is 8.63. The van der Waals surface area contributed by atoms with Crippen LogP contribution in [0.25, 0.3) is 11.1 Å². The van der Waals surface area contributed by atoms with Crippen LogP contribution in [0.15, 0.2) is 53.7 Å². The lowest BCUT2D eigenvalue weighted by molar-refractivity contribution is 0.202. The average molecular weight is 504 g/mol. The van der Waals surface area contributed by atoms with Crippen molar-refractivity contribution in [3.8, 4) is 22.6 Å². The second-order valence-corrected chi connectivity index (χ2v) is 11.0. The van der Waals surface area contributed by atoms with Crippen molar-refractivity contribution < 1.29 is 22.3 Å². The largest absolute Gasteiger partial charge is 0.490 e. The molecule has 0 amide bonds. The lowest BCUT2D eigenvalue weighted by Gasteiger charge is -2.37. The highest BCUT2D eigenvalue weighted by molar-refractivity contribution is 7.91. The molecule has 2 aromatic carbocycles. The van der Waals surface area contributed by atoms with E-state index in [0.717, 1.165) is 19.4 Å². The fourth-order valence-corrected chi connectivity index (χ4v) is 5.65. The molecule has 1 aromatic heterocycles. The summed E-state index contributed by atoms with van der Waals surface area (Å²) in [6.45, 7) is 3.32. The number of fused-ring (bicyclic) bond motifs is 1. The summed E-state index contributed by atoms with van der Waals surface area (Å²) in [6, 6.07) is 9.75. The Labute approximate surface area is 202 Å². The molecular formula is C24H23ClFN3O4S. The Morgan fingerprint density at radius 1 is 1.18 bits per heavy atom. The molecular weight excluding hydrogens is 481 g/mol. The maximum Gasteiger partial charge on any atom is 0.225 e. The number of ether oxygens (including phenoxy) is 2. The van der Waals surface area contributed by atoms with Crippen molar-refractivity contribution in [3.05, 3.63) is 59.6 Å². The zero-order valence-electron chi connectivity index (χ0n) is 18.4. The molecule has 5 rings (SSSR count). The highest BCUT2D eigenvalue weighted by Crippen LogP contribution is 2.36. The summed E-state index contributed by atoms with van der Waals surface area (Å²) in [6.07, 6.45) is 4.95. The topological polar surface area (TPSA) is 81.6 Å². The van der Waals surface area contributed by atoms with Gasteiger partial charge in [-0.1, -0.05) is 23.7 Å². The van der Waals surface area contributed by atoms with Crippen molar-refractivity contribution in [1.29, 1.82) is 0 Å². The Morgan fingerprint density at radius 2 is 1.91 bits per heavy atom. The van der Waals surface area contributed by atoms with E-state index in [1.807, 2.05) is 0 Å². The second kappa shape index (κ2) is 9.03. The Morgan fingerprint density at radius 3 is 2.65 bits per heavy atom. The van der Waals surface area contributed by atoms with Crippen LogP contribution in [0.1, 0.15) is 19.8 Å². The monoisotopic (exact) mass is 503 g/mol. The highest BCUT2D eigenvalue weighted by Gasteiger charge is 2.29. The number of hydrogen-bond acceptors (Lipinski definition) is 7. The van der Waals surface area contributed by atoms with Gasteiger partial charge in [0.25, 0.3) is 0 Å². The van der Waals surface area contributed by atoms with E-state index in [9.17, 15) is 12.8 Å². The normalized spacial score (nSPS) is 21.1. The quantitative estimate of drug-likeness (QED) is 0.497. The highest BCUT2D eigenvalue weighted by atomic mass is 35.5. The maximum atomic E-state index is 14.8. The average Bonchev–Trinajstić information content (AvgIpc) is 3.13. The maximum absolute atomic E-state index is 14.8. The van der Waals surface area contributed by atoms with Crippen molar-refractivity contribution >= 4 is 27.4 Å². The summed E-state index contributed by atoms with van der Waals surface area (Å²) < 4.78 is 49.7. The summed E-state index contributed by atoms with van der Waals surface area (Å²) in [4.78, 5) is 10.9. The van der Waals surface area contributed by atoms with Gasteiger partial charge >= 0.3 is 0 Å². The third kappa shape index (κ3) is 4.54. The number of aromatic nitrogens is 2. The molecule has 0 radical (unpaired) electrons. The summed E-state index contributed by atoms with van der Waals surface area (Å²) in [5.41, 5.74) is 1.29. The molecule has 1 fully saturated rings. The molecule has 2 aliphatic heterocycles. The first-order valence-corrected chi connectivity index (χ1v) is 13.0. The van der Waals surface area contributed by atoms with Gasteiger partial charge in [0, 0.05) is 12.6 Å². The Balaban J connectivity index is 1.21. The number of benzene rings is 2. The standard InChI is InChI=1S/C24H23ClFN3O4S/c1-15-8-16(6-7-29(15)24-27-11-19(25)12-28-24)13-32-21-4-2-17(9-20(21)26)18-3-5-23-22(10-18)33-14-34(23,30)31/h2-5,9-12,15-16H,6-8,13-14H2,1H3/t15-,16+/m0/s1. The van der Waals surface area contributed by atoms with Crippen LogP contribution in [0.3, 0.4) is 0 Å². The van der Waals surface area contributed by atoms with E-state index >= 15 is 0 Å². The molecule has 0 bridgehead atoms. The molecule has 0 spiro atoms. The Kier molecular flexibility index (Phi) is 6.07. The molecule has 34 heavy (non-hydrogen) atoms. The molecule has 7 nitrogen and oxygen atoms in total. The van der Waals surface area contributed by atoms with Gasteiger partial charge in [-0.15, -0.1) is 0 Å². The van der Waals surface area contributed by atoms with Gasteiger partial charge in [-0.2, -0.15) is 0 Å². The van der Waals surface area contributed by atoms with Crippen LogP contribution in [-0.4, -0.2) is 43.5 Å². The van der Waals surface area contributed by atoms with E-state index in [-0.39, 0.29) is 28.5 Å². The molecule has 178 valence electrons. The van der Waals surface area contributed by atoms with Gasteiger partial charge in [-0.3, -0.25) is 0 Å². The van der Waals surface area contributed by atoms with E-state index < -0.39 is 15.7 Å². The summed E-state index contributed by atoms with van der Waals surface area (Å²) in [5.74, 6) is 0.604. The van der Waals surface area contributed by atoms with E-state index in [4.69, 9.17) is 21.1 Å². The Bertz CT molecular complexity index is 1320. The molecule has 1 saturated heterocycles. The number of hydrogen-bond donors (Lipinski definition) is 0. The van der Waals surface area contributed by atoms with Crippen molar-refractivity contribution in [2.45, 2.75) is 30.7 Å². The third-order valence-electron chi connectivity index (χ3n) is 6.24. The van der Waals surface area contributed by atoms with Gasteiger partial charge in [0.15, 0.2) is 17.5 Å². The van der Waals surface area contributed by atoms with Crippen LogP contribution in [0.5, 0.6) is 11.5 Å². The molecule has 0 aliphatic carbocycles. The van der Waals surface area contributed by atoms with Gasteiger partial charge < -0.3 is 14.4 Å². The van der Waals surface area contributed by atoms with Crippen LogP contribution in [0, 0.1) is 11.7 Å². The first-order valence-electron chi connectivity index (χ1n) is 11.0. The molecule has 0 N–H and O–H groups in total. The molecule has 10 heteroatoms. The van der Waals surface area contributed by atoms with Crippen molar-refractivity contribution in [1.82, 2.24) is 9.97 Å². The predicted molar refractivity (Wildman–Crippen MR) is 127 cm³/mol. The van der Waals surface area contributed by atoms with Gasteiger partial charge in [0.05, 0.1) is 24.0 Å². The summed E-state index contributed by atoms with van der Waals surface area (Å²) in [7, 11) is -3.39. The number of halogens is 2. The van der Waals surface area contributed by atoms with Crippen LogP contribution in [0.2, 0.25) is 5.02 Å². The first kappa shape index (κ1) is 22.9. The van der Waals surface area contributed by atoms with Crippen LogP contribution in [0.4, 0.5) is 10.3 Å². The number of nitrogens with zero attached hydrogens (tertiary/aromatic N) is 3. The summed E-state index contributed by atoms with van der Waals surface area (Å²) in [5, 5.41) is 0.505. The molecule has 2 atom stereocenters. The molecule has 0 saturated carbocycles. The molecule has 2 aliphatic rings. The lowest BCUT2D eigenvalue weighted by atomic mass is 9.92. The van der Waals surface area contributed by atoms with Gasteiger partial charge in [-0.05, 0) is 61.1 Å². The van der Waals surface area contributed by atoms with E-state index in [2.05, 4.69) is 21.8 Å². The smallest absolute Gasteiger partial charge is 0.225 e. The zero-order valence-corrected chi connectivity index (χ0v) is 20.0. The van der Waals surface area contributed by atoms with Gasteiger partial charge in [0.2, 0.25) is 15.8 Å². The number of piperidine rings is 1. The third-order valence-corrected chi connectivity index (χ3v) is 7.87. The Hall–Kier alpha value is -2.91. The molecule has 3 heterocycles. The molecule has 0 unspecified atom stereocenters. The fourth-order valence-electron chi connectivity index (χ4n) is 4.44. The minimum absolute atomic E-state index is 0.166. The fraction of sp³-hybridized carbons (Fsp3) is 0.333. The van der Waals surface area contributed by atoms with Crippen molar-refractivity contribution in [2.24, 2.45) is 5.92 Å². The first-order chi connectivity index (χ1) is 16.3. The zero-order chi connectivity index (χ0) is 23.9. The van der Waals surface area contributed by atoms with Gasteiger partial charge in [0.1, 0.15) is 10.6 Å². The summed E-state index contributed by atoms with van der Waals surface area (Å²) >= 11 is 5.88. The minimum atomic E-state index is -3.39. The SMILES string of the molecule is C[C@H]1C[C@H](COc2ccc(-c3ccc4c(c3)OCS4(=O)=O)cc2F)CCN1c1ncc(Cl)cn1. The van der Waals surface area contributed by atoms with Crippen molar-refractivity contribution in [3.63, 3.8) is 0 Å². The number of anilines is 1. The number of rotatable bonds is 5. The minimum Gasteiger partial charge on any atom is -0.490 e. The van der Waals surface area contributed by atoms with Crippen LogP contribution < -0.4 is 14.4 Å².